The highest BCUT2D eigenvalue weighted by Gasteiger charge is 2.79. The van der Waals surface area contributed by atoms with Crippen LogP contribution in [-0.4, -0.2) is 39.5 Å². The molecule has 0 aliphatic heterocycles. The van der Waals surface area contributed by atoms with Gasteiger partial charge in [-0.1, -0.05) is 0 Å². The van der Waals surface area contributed by atoms with Crippen LogP contribution in [0, 0.1) is 5.92 Å². The minimum atomic E-state index is -7.09. The number of carbonyl (C=O) groups is 1. The molecule has 0 bridgehead atoms. The highest BCUT2D eigenvalue weighted by atomic mass is 31.2. The first kappa shape index (κ1) is 20.1. The van der Waals surface area contributed by atoms with Gasteiger partial charge in [0.15, 0.2) is 5.92 Å². The topological polar surface area (TPSA) is 74.6 Å². The molecular weight excluding hydrogens is 357 g/mol. The summed E-state index contributed by atoms with van der Waals surface area (Å²) in [5, 5.41) is 0. The van der Waals surface area contributed by atoms with Gasteiger partial charge < -0.3 is 9.79 Å². The first-order chi connectivity index (χ1) is 8.78. The van der Waals surface area contributed by atoms with Crippen molar-refractivity contribution in [1.82, 2.24) is 0 Å². The Morgan fingerprint density at radius 3 is 1.14 bits per heavy atom. The number of hydrogen-bond donors (Lipinski definition) is 2. The van der Waals surface area contributed by atoms with E-state index in [-0.39, 0.29) is 0 Å². The predicted octanol–water partition coefficient (Wildman–Crippen LogP) is 2.70. The molecule has 0 atom stereocenters. The molecule has 0 heterocycles. The summed E-state index contributed by atoms with van der Waals surface area (Å²) in [6, 6.07) is 0. The Kier molecular flexibility index (Phi) is 4.88. The molecule has 0 aromatic rings. The van der Waals surface area contributed by atoms with Crippen molar-refractivity contribution in [3.63, 3.8) is 0 Å². The summed E-state index contributed by atoms with van der Waals surface area (Å²) in [6.07, 6.45) is -14.2. The molecule has 0 aliphatic rings. The molecular formula is C6H3F10O4P. The second-order valence-corrected chi connectivity index (χ2v) is 5.09. The van der Waals surface area contributed by atoms with Crippen LogP contribution in [0.4, 0.5) is 43.9 Å². The molecule has 0 aromatic heterocycles. The van der Waals surface area contributed by atoms with Crippen molar-refractivity contribution in [2.45, 2.75) is 24.2 Å². The van der Waals surface area contributed by atoms with E-state index in [2.05, 4.69) is 0 Å². The Morgan fingerprint density at radius 2 is 1.00 bits per heavy atom. The largest absolute Gasteiger partial charge is 0.454 e. The van der Waals surface area contributed by atoms with Gasteiger partial charge in [0.1, 0.15) is 0 Å². The van der Waals surface area contributed by atoms with E-state index in [1.165, 1.54) is 0 Å². The summed E-state index contributed by atoms with van der Waals surface area (Å²) in [5.74, 6) is -19.7. The van der Waals surface area contributed by atoms with Crippen LogP contribution in [-0.2, 0) is 9.36 Å². The Labute approximate surface area is 107 Å². The van der Waals surface area contributed by atoms with E-state index in [9.17, 15) is 53.3 Å². The average Bonchev–Trinajstić information content (AvgIpc) is 2.11. The predicted molar refractivity (Wildman–Crippen MR) is 42.5 cm³/mol. The smallest absolute Gasteiger partial charge is 0.319 e. The molecule has 0 amide bonds. The van der Waals surface area contributed by atoms with Crippen LogP contribution in [0.25, 0.3) is 0 Å². The maximum atomic E-state index is 12.7. The summed E-state index contributed by atoms with van der Waals surface area (Å²) < 4.78 is 133. The molecule has 0 fully saturated rings. The summed E-state index contributed by atoms with van der Waals surface area (Å²) in [6.45, 7) is 0. The quantitative estimate of drug-likeness (QED) is 0.597. The van der Waals surface area contributed by atoms with Crippen LogP contribution >= 0.6 is 7.60 Å². The first-order valence-electron chi connectivity index (χ1n) is 4.27. The molecule has 0 aliphatic carbocycles. The summed E-state index contributed by atoms with van der Waals surface area (Å²) in [7, 11) is -6.74. The summed E-state index contributed by atoms with van der Waals surface area (Å²) in [5.41, 5.74) is -3.88. The van der Waals surface area contributed by atoms with Gasteiger partial charge in [0.25, 0.3) is 5.52 Å². The molecule has 4 nitrogen and oxygen atoms in total. The van der Waals surface area contributed by atoms with Gasteiger partial charge in [0, 0.05) is 0 Å². The Morgan fingerprint density at radius 1 is 0.762 bits per heavy atom. The van der Waals surface area contributed by atoms with Gasteiger partial charge in [-0.15, -0.1) is 0 Å². The van der Waals surface area contributed by atoms with Crippen LogP contribution < -0.4 is 0 Å². The van der Waals surface area contributed by atoms with Gasteiger partial charge in [-0.05, 0) is 0 Å². The van der Waals surface area contributed by atoms with Crippen molar-refractivity contribution in [3.05, 3.63) is 0 Å². The van der Waals surface area contributed by atoms with Gasteiger partial charge in [-0.25, -0.2) is 0 Å². The van der Waals surface area contributed by atoms with Crippen molar-refractivity contribution in [2.75, 3.05) is 0 Å². The van der Waals surface area contributed by atoms with Crippen LogP contribution in [0.15, 0.2) is 0 Å². The van der Waals surface area contributed by atoms with Gasteiger partial charge in [-0.3, -0.25) is 9.36 Å². The van der Waals surface area contributed by atoms with Crippen molar-refractivity contribution in [1.29, 1.82) is 0 Å². The second kappa shape index (κ2) is 5.09. The van der Waals surface area contributed by atoms with Gasteiger partial charge in [0.2, 0.25) is 0 Å². The van der Waals surface area contributed by atoms with Crippen LogP contribution in [0.3, 0.4) is 0 Å². The number of carbonyl (C=O) groups excluding carboxylic acids is 1. The number of halogens is 10. The lowest BCUT2D eigenvalue weighted by atomic mass is 9.94. The number of rotatable bonds is 4. The van der Waals surface area contributed by atoms with Crippen molar-refractivity contribution in [2.24, 2.45) is 5.92 Å². The fourth-order valence-corrected chi connectivity index (χ4v) is 1.69. The molecule has 0 radical (unpaired) electrons. The second-order valence-electron chi connectivity index (χ2n) is 3.56. The molecule has 0 unspecified atom stereocenters. The third-order valence-corrected chi connectivity index (χ3v) is 2.85. The van der Waals surface area contributed by atoms with E-state index in [0.29, 0.717) is 0 Å². The normalized spacial score (nSPS) is 15.5. The third kappa shape index (κ3) is 3.66. The van der Waals surface area contributed by atoms with E-state index >= 15 is 0 Å². The minimum Gasteiger partial charge on any atom is -0.319 e. The SMILES string of the molecule is O=C(C(C(F)(F)C(F)(F)F)C(F)(F)C(F)(F)F)P(=O)(O)O. The third-order valence-electron chi connectivity index (χ3n) is 2.02. The van der Waals surface area contributed by atoms with Crippen LogP contribution in [0.5, 0.6) is 0 Å². The minimum absolute atomic E-state index is 3.88. The monoisotopic (exact) mass is 360 g/mol. The molecule has 0 saturated carbocycles. The van der Waals surface area contributed by atoms with Crippen LogP contribution in [0.1, 0.15) is 0 Å². The summed E-state index contributed by atoms with van der Waals surface area (Å²) in [4.78, 5) is 26.8. The molecule has 0 rings (SSSR count). The fraction of sp³-hybridized carbons (Fsp3) is 0.833. The molecule has 0 saturated heterocycles. The Bertz CT molecular complexity index is 433. The molecule has 21 heavy (non-hydrogen) atoms. The number of hydrogen-bond acceptors (Lipinski definition) is 2. The zero-order valence-corrected chi connectivity index (χ0v) is 9.91. The highest BCUT2D eigenvalue weighted by Crippen LogP contribution is 2.57. The van der Waals surface area contributed by atoms with Gasteiger partial charge in [-0.2, -0.15) is 43.9 Å². The van der Waals surface area contributed by atoms with Crippen molar-refractivity contribution < 1.29 is 63.1 Å². The van der Waals surface area contributed by atoms with E-state index in [1.807, 2.05) is 0 Å². The Hall–Kier alpha value is -0.880. The maximum Gasteiger partial charge on any atom is 0.454 e. The molecule has 0 spiro atoms. The number of alkyl halides is 10. The average molecular weight is 360 g/mol. The lowest BCUT2D eigenvalue weighted by molar-refractivity contribution is -0.363. The van der Waals surface area contributed by atoms with E-state index in [4.69, 9.17) is 9.79 Å². The standard InChI is InChI=1S/C6H3F10O4P/c7-3(8,5(11,12)13)1(2(17)21(18,19)20)4(9,10)6(14,15)16/h1H,(H2,18,19,20). The fourth-order valence-electron chi connectivity index (χ4n) is 1.03. The van der Waals surface area contributed by atoms with E-state index < -0.39 is 43.2 Å². The first-order valence-corrected chi connectivity index (χ1v) is 5.88. The van der Waals surface area contributed by atoms with E-state index in [0.717, 1.165) is 0 Å². The Balaban J connectivity index is 6.34. The lowest BCUT2D eigenvalue weighted by Crippen LogP contribution is -2.59. The zero-order chi connectivity index (χ0) is 17.7. The lowest BCUT2D eigenvalue weighted by Gasteiger charge is -2.33. The van der Waals surface area contributed by atoms with Gasteiger partial charge >= 0.3 is 31.8 Å². The van der Waals surface area contributed by atoms with Crippen molar-refractivity contribution >= 4 is 13.1 Å². The van der Waals surface area contributed by atoms with Gasteiger partial charge in [0.05, 0.1) is 0 Å². The molecule has 15 heteroatoms. The van der Waals surface area contributed by atoms with Crippen LogP contribution in [0.2, 0.25) is 0 Å². The molecule has 2 N–H and O–H groups in total. The molecule has 0 aromatic carbocycles. The van der Waals surface area contributed by atoms with Crippen molar-refractivity contribution in [3.8, 4) is 0 Å². The highest BCUT2D eigenvalue weighted by molar-refractivity contribution is 7.70. The zero-order valence-electron chi connectivity index (χ0n) is 9.02. The van der Waals surface area contributed by atoms with E-state index in [1.54, 1.807) is 0 Å². The molecule has 126 valence electrons. The summed E-state index contributed by atoms with van der Waals surface area (Å²) >= 11 is 0. The maximum absolute atomic E-state index is 12.7.